The summed E-state index contributed by atoms with van der Waals surface area (Å²) in [7, 11) is 0. The Morgan fingerprint density at radius 2 is 1.50 bits per heavy atom. The van der Waals surface area contributed by atoms with Crippen molar-refractivity contribution in [3.63, 3.8) is 0 Å². The lowest BCUT2D eigenvalue weighted by Gasteiger charge is -2.17. The number of nitrogens with zero attached hydrogens (tertiary/aromatic N) is 1. The number of hydrogen-bond acceptors (Lipinski definition) is 4. The van der Waals surface area contributed by atoms with E-state index in [1.807, 2.05) is 12.1 Å². The van der Waals surface area contributed by atoms with Crippen LogP contribution in [0, 0.1) is 0 Å². The molecule has 0 fully saturated rings. The van der Waals surface area contributed by atoms with E-state index in [4.69, 9.17) is 60.7 Å². The van der Waals surface area contributed by atoms with Gasteiger partial charge in [0.15, 0.2) is 0 Å². The zero-order valence-electron chi connectivity index (χ0n) is 17.4. The molecule has 0 saturated carbocycles. The van der Waals surface area contributed by atoms with Gasteiger partial charge >= 0.3 is 0 Å². The van der Waals surface area contributed by atoms with E-state index in [0.29, 0.717) is 13.2 Å². The predicted molar refractivity (Wildman–Crippen MR) is 129 cm³/mol. The minimum absolute atomic E-state index is 0.179. The van der Waals surface area contributed by atoms with Crippen molar-refractivity contribution in [1.82, 2.24) is 0 Å². The fourth-order valence-electron chi connectivity index (χ4n) is 2.65. The second kappa shape index (κ2) is 16.6. The monoisotopic (exact) mass is 495 g/mol. The first-order chi connectivity index (χ1) is 14.5. The number of rotatable bonds is 15. The summed E-state index contributed by atoms with van der Waals surface area (Å²) in [5.74, 6) is 1.77. The molecule has 0 bridgehead atoms. The van der Waals surface area contributed by atoms with E-state index >= 15 is 0 Å². The maximum atomic E-state index is 6.13. The molecule has 8 heteroatoms. The van der Waals surface area contributed by atoms with Gasteiger partial charge in [0, 0.05) is 6.21 Å². The van der Waals surface area contributed by atoms with Crippen LogP contribution in [0.25, 0.3) is 0 Å². The van der Waals surface area contributed by atoms with Gasteiger partial charge in [0.1, 0.15) is 33.7 Å². The quantitative estimate of drug-likeness (QED) is 0.141. The number of ether oxygens (including phenoxy) is 2. The molecule has 0 N–H and O–H groups in total. The lowest BCUT2D eigenvalue weighted by molar-refractivity contribution is 0.175. The van der Waals surface area contributed by atoms with Gasteiger partial charge in [0.05, 0.1) is 6.61 Å². The summed E-state index contributed by atoms with van der Waals surface area (Å²) in [6.45, 7) is 5.50. The third kappa shape index (κ3) is 11.9. The van der Waals surface area contributed by atoms with Crippen molar-refractivity contribution in [3.8, 4) is 11.5 Å². The zero-order chi connectivity index (χ0) is 22.2. The minimum Gasteiger partial charge on any atom is -0.493 e. The molecule has 0 unspecified atom stereocenters. The summed E-state index contributed by atoms with van der Waals surface area (Å²) in [6, 6.07) is 4.04. The molecular weight excluding hydrogens is 468 g/mol. The van der Waals surface area contributed by atoms with Gasteiger partial charge in [-0.05, 0) is 73.9 Å². The fraction of sp³-hybridized carbons (Fsp3) is 0.500. The Labute approximate surface area is 199 Å². The average Bonchev–Trinajstić information content (AvgIpc) is 2.71. The summed E-state index contributed by atoms with van der Waals surface area (Å²) in [4.78, 5) is 5.00. The summed E-state index contributed by atoms with van der Waals surface area (Å²) in [6.07, 6.45) is 10.5. The standard InChI is InChI=1S/C22H29Cl4NO3/c1-3-17-15-19(28-13-9-20(23)24)16-18(4-2)22(17)29-12-8-6-5-7-11-27-30-14-10-21(25)26/h9-11,15-16H,3-8,12-14H2,1-2H3. The second-order valence-electron chi connectivity index (χ2n) is 6.36. The zero-order valence-corrected chi connectivity index (χ0v) is 20.5. The van der Waals surface area contributed by atoms with Crippen molar-refractivity contribution in [2.45, 2.75) is 52.4 Å². The SMILES string of the molecule is CCc1cc(OCC=C(Cl)Cl)cc(CC)c1OCCCCCC=NOCC=C(Cl)Cl. The number of aryl methyl sites for hydroxylation is 2. The molecule has 1 aromatic rings. The Morgan fingerprint density at radius 1 is 0.867 bits per heavy atom. The van der Waals surface area contributed by atoms with Crippen LogP contribution < -0.4 is 9.47 Å². The largest absolute Gasteiger partial charge is 0.493 e. The molecule has 0 aromatic heterocycles. The highest BCUT2D eigenvalue weighted by Crippen LogP contribution is 2.31. The molecule has 0 aliphatic heterocycles. The molecular formula is C22H29Cl4NO3. The third-order valence-corrected chi connectivity index (χ3v) is 4.77. The topological polar surface area (TPSA) is 40.0 Å². The first-order valence-electron chi connectivity index (χ1n) is 10.0. The summed E-state index contributed by atoms with van der Waals surface area (Å²) >= 11 is 22.2. The van der Waals surface area contributed by atoms with E-state index in [-0.39, 0.29) is 15.6 Å². The molecule has 0 aliphatic rings. The summed E-state index contributed by atoms with van der Waals surface area (Å²) in [5, 5.41) is 3.84. The van der Waals surface area contributed by atoms with Crippen molar-refractivity contribution < 1.29 is 14.3 Å². The smallest absolute Gasteiger partial charge is 0.138 e. The number of oxime groups is 1. The van der Waals surface area contributed by atoms with Crippen LogP contribution >= 0.6 is 46.4 Å². The maximum Gasteiger partial charge on any atom is 0.138 e. The maximum absolute atomic E-state index is 6.13. The fourth-order valence-corrected chi connectivity index (χ4v) is 2.91. The van der Waals surface area contributed by atoms with E-state index in [1.165, 1.54) is 6.08 Å². The lowest BCUT2D eigenvalue weighted by atomic mass is 10.0. The Kier molecular flexibility index (Phi) is 14.9. The van der Waals surface area contributed by atoms with Crippen LogP contribution in [0.3, 0.4) is 0 Å². The van der Waals surface area contributed by atoms with E-state index in [1.54, 1.807) is 12.3 Å². The van der Waals surface area contributed by atoms with Gasteiger partial charge in [0.25, 0.3) is 0 Å². The Hall–Kier alpha value is -1.07. The highest BCUT2D eigenvalue weighted by atomic mass is 35.5. The van der Waals surface area contributed by atoms with Gasteiger partial charge in [-0.3, -0.25) is 0 Å². The van der Waals surface area contributed by atoms with E-state index in [9.17, 15) is 0 Å². The Balaban J connectivity index is 2.42. The molecule has 1 rings (SSSR count). The molecule has 168 valence electrons. The normalized spacial score (nSPS) is 10.7. The molecule has 0 spiro atoms. The molecule has 0 radical (unpaired) electrons. The van der Waals surface area contributed by atoms with E-state index in [2.05, 4.69) is 19.0 Å². The molecule has 0 saturated heterocycles. The van der Waals surface area contributed by atoms with Crippen molar-refractivity contribution in [2.24, 2.45) is 5.16 Å². The number of unbranched alkanes of at least 4 members (excludes halogenated alkanes) is 3. The Morgan fingerprint density at radius 3 is 2.10 bits per heavy atom. The van der Waals surface area contributed by atoms with Crippen molar-refractivity contribution in [1.29, 1.82) is 0 Å². The average molecular weight is 497 g/mol. The molecule has 0 amide bonds. The van der Waals surface area contributed by atoms with Crippen molar-refractivity contribution in [3.05, 3.63) is 44.4 Å². The molecule has 30 heavy (non-hydrogen) atoms. The molecule has 0 aliphatic carbocycles. The molecule has 0 atom stereocenters. The summed E-state index contributed by atoms with van der Waals surface area (Å²) < 4.78 is 12.2. The number of hydrogen-bond donors (Lipinski definition) is 0. The second-order valence-corrected chi connectivity index (χ2v) is 8.37. The minimum atomic E-state index is 0.179. The lowest BCUT2D eigenvalue weighted by Crippen LogP contribution is -2.05. The first kappa shape index (κ1) is 27.0. The molecule has 1 aromatic carbocycles. The predicted octanol–water partition coefficient (Wildman–Crippen LogP) is 7.77. The highest BCUT2D eigenvalue weighted by molar-refractivity contribution is 6.56. The van der Waals surface area contributed by atoms with Gasteiger partial charge in [0.2, 0.25) is 0 Å². The number of halogens is 4. The van der Waals surface area contributed by atoms with Gasteiger partial charge in [-0.2, -0.15) is 0 Å². The van der Waals surface area contributed by atoms with Crippen LogP contribution in [-0.4, -0.2) is 26.0 Å². The van der Waals surface area contributed by atoms with Crippen LogP contribution in [0.1, 0.15) is 50.7 Å². The van der Waals surface area contributed by atoms with Gasteiger partial charge in [-0.1, -0.05) is 65.4 Å². The Bertz CT molecular complexity index is 687. The van der Waals surface area contributed by atoms with Crippen LogP contribution in [0.2, 0.25) is 0 Å². The molecule has 4 nitrogen and oxygen atoms in total. The van der Waals surface area contributed by atoms with Gasteiger partial charge in [-0.15, -0.1) is 0 Å². The number of benzene rings is 1. The summed E-state index contributed by atoms with van der Waals surface area (Å²) in [5.41, 5.74) is 2.28. The van der Waals surface area contributed by atoms with Crippen LogP contribution in [-0.2, 0) is 17.7 Å². The van der Waals surface area contributed by atoms with Crippen LogP contribution in [0.4, 0.5) is 0 Å². The highest BCUT2D eigenvalue weighted by Gasteiger charge is 2.11. The van der Waals surface area contributed by atoms with Crippen LogP contribution in [0.5, 0.6) is 11.5 Å². The van der Waals surface area contributed by atoms with E-state index < -0.39 is 0 Å². The van der Waals surface area contributed by atoms with Crippen molar-refractivity contribution in [2.75, 3.05) is 19.8 Å². The van der Waals surface area contributed by atoms with Gasteiger partial charge in [-0.25, -0.2) is 0 Å². The molecule has 0 heterocycles. The van der Waals surface area contributed by atoms with Gasteiger partial charge < -0.3 is 14.3 Å². The van der Waals surface area contributed by atoms with Crippen LogP contribution in [0.15, 0.2) is 38.4 Å². The third-order valence-electron chi connectivity index (χ3n) is 4.15. The first-order valence-corrected chi connectivity index (χ1v) is 11.6. The van der Waals surface area contributed by atoms with E-state index in [0.717, 1.165) is 61.2 Å². The van der Waals surface area contributed by atoms with Crippen molar-refractivity contribution >= 4 is 52.6 Å².